The lowest BCUT2D eigenvalue weighted by atomic mass is 10.1. The molecule has 0 aromatic rings. The zero-order chi connectivity index (χ0) is 9.03. The third-order valence-electron chi connectivity index (χ3n) is 2.83. The molecule has 1 fully saturated rings. The molecule has 0 spiro atoms. The molecular formula is C11H17N. The maximum atomic E-state index is 6.04. The van der Waals surface area contributed by atoms with Crippen LogP contribution in [-0.4, -0.2) is 5.54 Å². The first kappa shape index (κ1) is 9.35. The number of nitrogens with two attached hydrogens (primary N) is 1. The topological polar surface area (TPSA) is 26.0 Å². The van der Waals surface area contributed by atoms with Crippen LogP contribution in [0, 0.1) is 18.3 Å². The molecule has 0 aromatic carbocycles. The average molecular weight is 163 g/mol. The monoisotopic (exact) mass is 163 g/mol. The number of allylic oxidation sites excluding steroid dienone is 2. The lowest BCUT2D eigenvalue weighted by Crippen LogP contribution is -2.23. The van der Waals surface area contributed by atoms with Crippen LogP contribution < -0.4 is 5.73 Å². The van der Waals surface area contributed by atoms with Crippen LogP contribution in [0.3, 0.4) is 0 Å². The highest BCUT2D eigenvalue weighted by molar-refractivity contribution is 5.10. The fraction of sp³-hybridized carbons (Fsp3) is 0.636. The Labute approximate surface area is 75.0 Å². The molecule has 1 aliphatic carbocycles. The standard InChI is InChI=1S/C11H17N/c1-3-5-6-7-8-10-9-11(10,12)4-2/h1,5-6,10H,4,7-9,12H2,2H3/b6-5-. The molecule has 1 saturated carbocycles. The molecule has 0 heterocycles. The van der Waals surface area contributed by atoms with Crippen molar-refractivity contribution in [1.82, 2.24) is 0 Å². The van der Waals surface area contributed by atoms with Crippen LogP contribution in [0.2, 0.25) is 0 Å². The van der Waals surface area contributed by atoms with Crippen LogP contribution >= 0.6 is 0 Å². The summed E-state index contributed by atoms with van der Waals surface area (Å²) in [7, 11) is 0. The third kappa shape index (κ3) is 2.12. The molecule has 66 valence electrons. The van der Waals surface area contributed by atoms with Gasteiger partial charge < -0.3 is 5.73 Å². The lowest BCUT2D eigenvalue weighted by molar-refractivity contribution is 0.553. The first-order valence-corrected chi connectivity index (χ1v) is 4.63. The molecule has 0 bridgehead atoms. The molecule has 0 amide bonds. The highest BCUT2D eigenvalue weighted by Crippen LogP contribution is 2.46. The normalized spacial score (nSPS) is 33.6. The summed E-state index contributed by atoms with van der Waals surface area (Å²) in [5.74, 6) is 3.23. The number of hydrogen-bond donors (Lipinski definition) is 1. The van der Waals surface area contributed by atoms with E-state index in [0.717, 1.165) is 18.8 Å². The minimum atomic E-state index is 0.171. The molecule has 2 atom stereocenters. The van der Waals surface area contributed by atoms with Gasteiger partial charge in [-0.15, -0.1) is 6.42 Å². The largest absolute Gasteiger partial charge is 0.325 e. The first-order chi connectivity index (χ1) is 5.73. The van der Waals surface area contributed by atoms with E-state index in [9.17, 15) is 0 Å². The Hall–Kier alpha value is -0.740. The highest BCUT2D eigenvalue weighted by atomic mass is 14.8. The second-order valence-electron chi connectivity index (χ2n) is 3.63. The molecular weight excluding hydrogens is 146 g/mol. The van der Waals surface area contributed by atoms with Gasteiger partial charge in [-0.05, 0) is 37.7 Å². The van der Waals surface area contributed by atoms with Gasteiger partial charge in [0.1, 0.15) is 0 Å². The van der Waals surface area contributed by atoms with Crippen LogP contribution in [-0.2, 0) is 0 Å². The summed E-state index contributed by atoms with van der Waals surface area (Å²) in [6, 6.07) is 0. The van der Waals surface area contributed by atoms with Crippen LogP contribution in [0.5, 0.6) is 0 Å². The molecule has 1 nitrogen and oxygen atoms in total. The van der Waals surface area contributed by atoms with Gasteiger partial charge in [0.2, 0.25) is 0 Å². The number of terminal acetylenes is 1. The van der Waals surface area contributed by atoms with Gasteiger partial charge in [0.05, 0.1) is 0 Å². The summed E-state index contributed by atoms with van der Waals surface area (Å²) in [6.07, 6.45) is 13.5. The summed E-state index contributed by atoms with van der Waals surface area (Å²) in [5, 5.41) is 0. The summed E-state index contributed by atoms with van der Waals surface area (Å²) in [5.41, 5.74) is 6.21. The molecule has 1 rings (SSSR count). The van der Waals surface area contributed by atoms with E-state index in [2.05, 4.69) is 18.9 Å². The van der Waals surface area contributed by atoms with E-state index in [0.29, 0.717) is 0 Å². The van der Waals surface area contributed by atoms with Gasteiger partial charge in [-0.3, -0.25) is 0 Å². The van der Waals surface area contributed by atoms with Crippen LogP contribution in [0.4, 0.5) is 0 Å². The van der Waals surface area contributed by atoms with E-state index in [1.165, 1.54) is 12.8 Å². The van der Waals surface area contributed by atoms with Crippen LogP contribution in [0.1, 0.15) is 32.6 Å². The summed E-state index contributed by atoms with van der Waals surface area (Å²) < 4.78 is 0. The lowest BCUT2D eigenvalue weighted by Gasteiger charge is -2.05. The van der Waals surface area contributed by atoms with Gasteiger partial charge in [-0.1, -0.05) is 18.9 Å². The van der Waals surface area contributed by atoms with E-state index in [4.69, 9.17) is 12.2 Å². The predicted octanol–water partition coefficient (Wildman–Crippen LogP) is 2.08. The predicted molar refractivity (Wildman–Crippen MR) is 52.5 cm³/mol. The third-order valence-corrected chi connectivity index (χ3v) is 2.83. The maximum absolute atomic E-state index is 6.04. The van der Waals surface area contributed by atoms with Crippen molar-refractivity contribution in [2.75, 3.05) is 0 Å². The minimum absolute atomic E-state index is 0.171. The summed E-state index contributed by atoms with van der Waals surface area (Å²) in [6.45, 7) is 2.16. The molecule has 0 aliphatic heterocycles. The van der Waals surface area contributed by atoms with Gasteiger partial charge >= 0.3 is 0 Å². The Kier molecular flexibility index (Phi) is 2.94. The second-order valence-corrected chi connectivity index (χ2v) is 3.63. The quantitative estimate of drug-likeness (QED) is 0.631. The Balaban J connectivity index is 2.13. The summed E-state index contributed by atoms with van der Waals surface area (Å²) in [4.78, 5) is 0. The molecule has 0 radical (unpaired) electrons. The summed E-state index contributed by atoms with van der Waals surface area (Å²) >= 11 is 0. The van der Waals surface area contributed by atoms with Gasteiger partial charge in [-0.2, -0.15) is 0 Å². The van der Waals surface area contributed by atoms with Gasteiger partial charge in [0.25, 0.3) is 0 Å². The van der Waals surface area contributed by atoms with Crippen molar-refractivity contribution in [3.63, 3.8) is 0 Å². The smallest absolute Gasteiger partial charge is 0.0184 e. The van der Waals surface area contributed by atoms with Crippen LogP contribution in [0.15, 0.2) is 12.2 Å². The zero-order valence-electron chi connectivity index (χ0n) is 7.72. The number of hydrogen-bond acceptors (Lipinski definition) is 1. The second kappa shape index (κ2) is 3.78. The van der Waals surface area contributed by atoms with E-state index in [-0.39, 0.29) is 5.54 Å². The molecule has 0 saturated heterocycles. The SMILES string of the molecule is C#C/C=C\CCC1CC1(N)CC. The minimum Gasteiger partial charge on any atom is -0.325 e. The fourth-order valence-corrected chi connectivity index (χ4v) is 1.67. The van der Waals surface area contributed by atoms with E-state index in [1.54, 1.807) is 6.08 Å². The average Bonchev–Trinajstić information content (AvgIpc) is 2.73. The first-order valence-electron chi connectivity index (χ1n) is 4.63. The Morgan fingerprint density at radius 1 is 1.75 bits per heavy atom. The molecule has 1 heteroatoms. The van der Waals surface area contributed by atoms with Gasteiger partial charge in [0, 0.05) is 5.54 Å². The zero-order valence-corrected chi connectivity index (χ0v) is 7.72. The van der Waals surface area contributed by atoms with Gasteiger partial charge in [-0.25, -0.2) is 0 Å². The van der Waals surface area contributed by atoms with Crippen molar-refractivity contribution in [3.8, 4) is 12.3 Å². The molecule has 1 aliphatic rings. The highest BCUT2D eigenvalue weighted by Gasteiger charge is 2.47. The fourth-order valence-electron chi connectivity index (χ4n) is 1.67. The van der Waals surface area contributed by atoms with Crippen molar-refractivity contribution < 1.29 is 0 Å². The maximum Gasteiger partial charge on any atom is 0.0184 e. The molecule has 2 unspecified atom stereocenters. The number of rotatable bonds is 4. The Morgan fingerprint density at radius 2 is 2.50 bits per heavy atom. The Morgan fingerprint density at radius 3 is 3.00 bits per heavy atom. The van der Waals surface area contributed by atoms with Crippen molar-refractivity contribution >= 4 is 0 Å². The van der Waals surface area contributed by atoms with E-state index in [1.807, 2.05) is 0 Å². The van der Waals surface area contributed by atoms with E-state index >= 15 is 0 Å². The molecule has 0 aromatic heterocycles. The van der Waals surface area contributed by atoms with Crippen molar-refractivity contribution in [1.29, 1.82) is 0 Å². The molecule has 12 heavy (non-hydrogen) atoms. The van der Waals surface area contributed by atoms with E-state index < -0.39 is 0 Å². The molecule has 2 N–H and O–H groups in total. The van der Waals surface area contributed by atoms with Gasteiger partial charge in [0.15, 0.2) is 0 Å². The van der Waals surface area contributed by atoms with Crippen molar-refractivity contribution in [2.45, 2.75) is 38.1 Å². The van der Waals surface area contributed by atoms with Crippen molar-refractivity contribution in [3.05, 3.63) is 12.2 Å². The Bertz CT molecular complexity index is 212. The van der Waals surface area contributed by atoms with Crippen molar-refractivity contribution in [2.24, 2.45) is 11.7 Å². The van der Waals surface area contributed by atoms with Crippen LogP contribution in [0.25, 0.3) is 0 Å².